The maximum Gasteiger partial charge on any atom is 0.414 e. The molecular formula is C19H21FN2O2. The molecule has 2 heterocycles. The predicted molar refractivity (Wildman–Crippen MR) is 91.9 cm³/mol. The van der Waals surface area contributed by atoms with Crippen LogP contribution in [-0.2, 0) is 4.74 Å². The summed E-state index contributed by atoms with van der Waals surface area (Å²) in [7, 11) is 0. The largest absolute Gasteiger partial charge is 0.443 e. The fourth-order valence-corrected chi connectivity index (χ4v) is 2.70. The second-order valence-electron chi connectivity index (χ2n) is 6.90. The zero-order valence-electron chi connectivity index (χ0n) is 14.2. The Morgan fingerprint density at radius 1 is 1.25 bits per heavy atom. The highest BCUT2D eigenvalue weighted by molar-refractivity contribution is 5.85. The Bertz CT molecular complexity index is 809. The highest BCUT2D eigenvalue weighted by Crippen LogP contribution is 2.27. The van der Waals surface area contributed by atoms with Crippen molar-refractivity contribution in [1.82, 2.24) is 9.88 Å². The number of carbonyl (C=O) groups is 1. The minimum Gasteiger partial charge on any atom is -0.443 e. The maximum absolute atomic E-state index is 13.5. The molecule has 0 fully saturated rings. The van der Waals surface area contributed by atoms with Gasteiger partial charge in [-0.05, 0) is 51.8 Å². The van der Waals surface area contributed by atoms with Crippen LogP contribution in [0.5, 0.6) is 0 Å². The summed E-state index contributed by atoms with van der Waals surface area (Å²) in [4.78, 5) is 18.6. The lowest BCUT2D eigenvalue weighted by molar-refractivity contribution is 0.0346. The van der Waals surface area contributed by atoms with E-state index < -0.39 is 5.60 Å². The van der Waals surface area contributed by atoms with Gasteiger partial charge >= 0.3 is 6.09 Å². The first-order valence-corrected chi connectivity index (χ1v) is 8.11. The fourth-order valence-electron chi connectivity index (χ4n) is 2.70. The van der Waals surface area contributed by atoms with Crippen molar-refractivity contribution < 1.29 is 13.9 Å². The second kappa shape index (κ2) is 6.23. The number of nitrogens with zero attached hydrogens (tertiary/aromatic N) is 2. The molecule has 2 aromatic rings. The van der Waals surface area contributed by atoms with Gasteiger partial charge in [0, 0.05) is 18.0 Å². The van der Waals surface area contributed by atoms with Crippen LogP contribution in [0.2, 0.25) is 0 Å². The van der Waals surface area contributed by atoms with Gasteiger partial charge in [0.05, 0.1) is 16.9 Å². The molecule has 0 bridgehead atoms. The summed E-state index contributed by atoms with van der Waals surface area (Å²) in [5.41, 5.74) is 1.39. The SMILES string of the molecule is CC(C)(C)OC(=O)N1CCCC=C1c1ccc2ccc(F)cc2n1. The molecule has 1 amide bonds. The van der Waals surface area contributed by atoms with E-state index in [-0.39, 0.29) is 11.9 Å². The minimum absolute atomic E-state index is 0.325. The lowest BCUT2D eigenvalue weighted by Gasteiger charge is -2.31. The number of allylic oxidation sites excluding steroid dienone is 1. The normalized spacial score (nSPS) is 15.3. The van der Waals surface area contributed by atoms with Crippen molar-refractivity contribution in [3.63, 3.8) is 0 Å². The van der Waals surface area contributed by atoms with Gasteiger partial charge in [-0.1, -0.05) is 12.1 Å². The van der Waals surface area contributed by atoms with Gasteiger partial charge in [0.25, 0.3) is 0 Å². The summed E-state index contributed by atoms with van der Waals surface area (Å²) in [6, 6.07) is 8.26. The van der Waals surface area contributed by atoms with Crippen LogP contribution in [0.4, 0.5) is 9.18 Å². The Morgan fingerprint density at radius 3 is 2.75 bits per heavy atom. The molecule has 0 saturated heterocycles. The molecule has 0 aliphatic carbocycles. The molecule has 0 atom stereocenters. The van der Waals surface area contributed by atoms with Crippen LogP contribution in [0.3, 0.4) is 0 Å². The number of carbonyl (C=O) groups excluding carboxylic acids is 1. The molecule has 0 saturated carbocycles. The third kappa shape index (κ3) is 3.55. The second-order valence-corrected chi connectivity index (χ2v) is 6.90. The first-order valence-electron chi connectivity index (χ1n) is 8.11. The Balaban J connectivity index is 1.96. The Morgan fingerprint density at radius 2 is 2.00 bits per heavy atom. The smallest absolute Gasteiger partial charge is 0.414 e. The summed E-state index contributed by atoms with van der Waals surface area (Å²) in [5.74, 6) is -0.325. The Labute approximate surface area is 140 Å². The molecule has 3 rings (SSSR count). The minimum atomic E-state index is -0.556. The van der Waals surface area contributed by atoms with Crippen molar-refractivity contribution >= 4 is 22.7 Å². The summed E-state index contributed by atoms with van der Waals surface area (Å²) in [6.07, 6.45) is 3.36. The van der Waals surface area contributed by atoms with Crippen LogP contribution < -0.4 is 0 Å². The van der Waals surface area contributed by atoms with E-state index in [1.54, 1.807) is 11.0 Å². The number of hydrogen-bond donors (Lipinski definition) is 0. The summed E-state index contributed by atoms with van der Waals surface area (Å²) in [5, 5.41) is 0.861. The predicted octanol–water partition coefficient (Wildman–Crippen LogP) is 4.75. The Hall–Kier alpha value is -2.43. The highest BCUT2D eigenvalue weighted by atomic mass is 19.1. The van der Waals surface area contributed by atoms with E-state index in [9.17, 15) is 9.18 Å². The first-order chi connectivity index (χ1) is 11.3. The van der Waals surface area contributed by atoms with Crippen molar-refractivity contribution in [2.45, 2.75) is 39.2 Å². The van der Waals surface area contributed by atoms with Crippen LogP contribution >= 0.6 is 0 Å². The number of fused-ring (bicyclic) bond motifs is 1. The van der Waals surface area contributed by atoms with Gasteiger partial charge in [-0.25, -0.2) is 14.2 Å². The molecule has 5 heteroatoms. The third-order valence-electron chi connectivity index (χ3n) is 3.74. The fraction of sp³-hybridized carbons (Fsp3) is 0.368. The van der Waals surface area contributed by atoms with E-state index in [1.807, 2.05) is 39.0 Å². The average molecular weight is 328 g/mol. The van der Waals surface area contributed by atoms with Crippen LogP contribution in [0.25, 0.3) is 16.6 Å². The number of rotatable bonds is 1. The molecule has 1 aromatic carbocycles. The number of hydrogen-bond acceptors (Lipinski definition) is 3. The molecule has 126 valence electrons. The number of aromatic nitrogens is 1. The zero-order chi connectivity index (χ0) is 17.3. The molecule has 4 nitrogen and oxygen atoms in total. The summed E-state index contributed by atoms with van der Waals surface area (Å²) >= 11 is 0. The number of ether oxygens (including phenoxy) is 1. The van der Waals surface area contributed by atoms with E-state index in [0.29, 0.717) is 17.8 Å². The van der Waals surface area contributed by atoms with E-state index >= 15 is 0 Å². The molecular weight excluding hydrogens is 307 g/mol. The molecule has 1 aliphatic heterocycles. The maximum atomic E-state index is 13.5. The zero-order valence-corrected chi connectivity index (χ0v) is 14.2. The van der Waals surface area contributed by atoms with E-state index in [2.05, 4.69) is 4.98 Å². The van der Waals surface area contributed by atoms with E-state index in [1.165, 1.54) is 12.1 Å². The van der Waals surface area contributed by atoms with Crippen LogP contribution in [0.1, 0.15) is 39.3 Å². The van der Waals surface area contributed by atoms with E-state index in [0.717, 1.165) is 23.9 Å². The lowest BCUT2D eigenvalue weighted by Crippen LogP contribution is -2.37. The van der Waals surface area contributed by atoms with Gasteiger partial charge in [0.15, 0.2) is 0 Å². The van der Waals surface area contributed by atoms with Gasteiger partial charge in [0.1, 0.15) is 11.4 Å². The van der Waals surface area contributed by atoms with Crippen molar-refractivity contribution in [2.24, 2.45) is 0 Å². The van der Waals surface area contributed by atoms with Crippen molar-refractivity contribution in [1.29, 1.82) is 0 Å². The highest BCUT2D eigenvalue weighted by Gasteiger charge is 2.27. The summed E-state index contributed by atoms with van der Waals surface area (Å²) < 4.78 is 19.0. The molecule has 24 heavy (non-hydrogen) atoms. The molecule has 0 N–H and O–H groups in total. The lowest BCUT2D eigenvalue weighted by atomic mass is 10.1. The van der Waals surface area contributed by atoms with Crippen LogP contribution in [0, 0.1) is 5.82 Å². The van der Waals surface area contributed by atoms with Crippen LogP contribution in [-0.4, -0.2) is 28.1 Å². The monoisotopic (exact) mass is 328 g/mol. The number of halogens is 1. The Kier molecular flexibility index (Phi) is 4.26. The quantitative estimate of drug-likeness (QED) is 0.759. The first kappa shape index (κ1) is 16.4. The van der Waals surface area contributed by atoms with Gasteiger partial charge in [0.2, 0.25) is 0 Å². The van der Waals surface area contributed by atoms with Crippen molar-refractivity contribution in [2.75, 3.05) is 6.54 Å². The average Bonchev–Trinajstić information content (AvgIpc) is 2.52. The number of benzene rings is 1. The molecule has 1 aromatic heterocycles. The van der Waals surface area contributed by atoms with Gasteiger partial charge in [-0.2, -0.15) is 0 Å². The van der Waals surface area contributed by atoms with Crippen molar-refractivity contribution in [3.05, 3.63) is 47.9 Å². The molecule has 0 spiro atoms. The standard InChI is InChI=1S/C19H21FN2O2/c1-19(2,3)24-18(23)22-11-5-4-6-17(22)15-10-8-13-7-9-14(20)12-16(13)21-15/h6-10,12H,4-5,11H2,1-3H3. The third-order valence-corrected chi connectivity index (χ3v) is 3.74. The van der Waals surface area contributed by atoms with Crippen LogP contribution in [0.15, 0.2) is 36.4 Å². The molecule has 0 radical (unpaired) electrons. The number of amides is 1. The van der Waals surface area contributed by atoms with Crippen molar-refractivity contribution in [3.8, 4) is 0 Å². The van der Waals surface area contributed by atoms with Gasteiger partial charge in [-0.3, -0.25) is 4.90 Å². The number of pyridine rings is 1. The van der Waals surface area contributed by atoms with Gasteiger partial charge < -0.3 is 4.74 Å². The topological polar surface area (TPSA) is 42.4 Å². The summed E-state index contributed by atoms with van der Waals surface area (Å²) in [6.45, 7) is 6.11. The van der Waals surface area contributed by atoms with E-state index in [4.69, 9.17) is 4.74 Å². The molecule has 1 aliphatic rings. The molecule has 0 unspecified atom stereocenters. The van der Waals surface area contributed by atoms with Gasteiger partial charge in [-0.15, -0.1) is 0 Å².